The van der Waals surface area contributed by atoms with Crippen molar-refractivity contribution in [3.63, 3.8) is 0 Å². The number of para-hydroxylation sites is 1. The number of nitrogens with one attached hydrogen (secondary N) is 1. The number of halogens is 1. The van der Waals surface area contributed by atoms with E-state index in [2.05, 4.69) is 5.32 Å². The summed E-state index contributed by atoms with van der Waals surface area (Å²) in [5, 5.41) is 2.50. The highest BCUT2D eigenvalue weighted by molar-refractivity contribution is 7.93. The first-order valence-electron chi connectivity index (χ1n) is 8.06. The molecule has 2 aromatic carbocycles. The maximum atomic E-state index is 13.7. The van der Waals surface area contributed by atoms with Crippen molar-refractivity contribution in [1.29, 1.82) is 0 Å². The summed E-state index contributed by atoms with van der Waals surface area (Å²) in [5.74, 6) is -0.338. The maximum Gasteiger partial charge on any atom is 0.242 e. The average molecular weight is 348 g/mol. The number of rotatable bonds is 5. The van der Waals surface area contributed by atoms with Gasteiger partial charge in [-0.2, -0.15) is 0 Å². The largest absolute Gasteiger partial charge is 0.320 e. The first-order chi connectivity index (χ1) is 11.5. The Morgan fingerprint density at radius 1 is 1.21 bits per heavy atom. The molecule has 0 radical (unpaired) electrons. The molecule has 0 spiro atoms. The highest BCUT2D eigenvalue weighted by atomic mass is 32.2. The van der Waals surface area contributed by atoms with E-state index in [9.17, 15) is 12.8 Å². The summed E-state index contributed by atoms with van der Waals surface area (Å²) in [6.45, 7) is 0.757. The molecule has 1 atom stereocenters. The van der Waals surface area contributed by atoms with Crippen molar-refractivity contribution < 1.29 is 12.8 Å². The first-order valence-corrected chi connectivity index (χ1v) is 9.56. The second-order valence-electron chi connectivity index (χ2n) is 5.99. The van der Waals surface area contributed by atoms with Crippen molar-refractivity contribution in [2.24, 2.45) is 0 Å². The predicted molar refractivity (Wildman–Crippen MR) is 94.6 cm³/mol. The standard InChI is InChI=1S/C18H21FN2O2S/c1-20-11-5-8-17-13-14-12-15(19)9-10-18(14)21(24(17,22)23)16-6-3-2-4-7-16/h2-4,6-7,9-10,12,17,20H,5,8,11,13H2,1H3/t17-/m1/s1. The third kappa shape index (κ3) is 3.16. The minimum absolute atomic E-state index is 0.338. The second-order valence-corrected chi connectivity index (χ2v) is 8.05. The van der Waals surface area contributed by atoms with E-state index in [1.807, 2.05) is 13.1 Å². The Bertz CT molecular complexity index is 809. The molecule has 1 aliphatic heterocycles. The van der Waals surface area contributed by atoms with Gasteiger partial charge in [0.2, 0.25) is 10.0 Å². The summed E-state index contributed by atoms with van der Waals surface area (Å²) in [5.41, 5.74) is 1.87. The van der Waals surface area contributed by atoms with Crippen molar-refractivity contribution in [3.05, 3.63) is 59.9 Å². The quantitative estimate of drug-likeness (QED) is 0.844. The molecular weight excluding hydrogens is 327 g/mol. The van der Waals surface area contributed by atoms with Gasteiger partial charge in [-0.3, -0.25) is 0 Å². The van der Waals surface area contributed by atoms with Crippen molar-refractivity contribution in [2.75, 3.05) is 17.9 Å². The zero-order valence-electron chi connectivity index (χ0n) is 13.6. The van der Waals surface area contributed by atoms with E-state index in [1.165, 1.54) is 16.4 Å². The van der Waals surface area contributed by atoms with Gasteiger partial charge in [0.25, 0.3) is 0 Å². The average Bonchev–Trinajstić information content (AvgIpc) is 2.56. The number of anilines is 2. The zero-order chi connectivity index (χ0) is 17.2. The molecule has 6 heteroatoms. The number of nitrogens with zero attached hydrogens (tertiary/aromatic N) is 1. The van der Waals surface area contributed by atoms with Crippen LogP contribution in [0.2, 0.25) is 0 Å². The molecule has 0 bridgehead atoms. The number of sulfonamides is 1. The van der Waals surface area contributed by atoms with Crippen LogP contribution in [0.25, 0.3) is 0 Å². The van der Waals surface area contributed by atoms with Crippen LogP contribution < -0.4 is 9.62 Å². The van der Waals surface area contributed by atoms with Gasteiger partial charge in [0, 0.05) is 0 Å². The molecule has 0 aromatic heterocycles. The highest BCUT2D eigenvalue weighted by Crippen LogP contribution is 2.40. The fourth-order valence-corrected chi connectivity index (χ4v) is 5.18. The third-order valence-corrected chi connectivity index (χ3v) is 6.49. The third-order valence-electron chi connectivity index (χ3n) is 4.33. The van der Waals surface area contributed by atoms with Crippen LogP contribution in [0.1, 0.15) is 18.4 Å². The molecule has 0 amide bonds. The number of fused-ring (bicyclic) bond motifs is 1. The van der Waals surface area contributed by atoms with Gasteiger partial charge >= 0.3 is 0 Å². The molecule has 128 valence electrons. The van der Waals surface area contributed by atoms with Crippen molar-refractivity contribution in [2.45, 2.75) is 24.5 Å². The summed E-state index contributed by atoms with van der Waals surface area (Å²) in [7, 11) is -1.70. The van der Waals surface area contributed by atoms with Crippen LogP contribution in [-0.2, 0) is 16.4 Å². The molecule has 2 aromatic rings. The Morgan fingerprint density at radius 2 is 1.96 bits per heavy atom. The lowest BCUT2D eigenvalue weighted by Gasteiger charge is -2.35. The van der Waals surface area contributed by atoms with E-state index in [0.29, 0.717) is 24.2 Å². The van der Waals surface area contributed by atoms with Crippen molar-refractivity contribution in [1.82, 2.24) is 5.32 Å². The van der Waals surface area contributed by atoms with Crippen LogP contribution >= 0.6 is 0 Å². The van der Waals surface area contributed by atoms with Crippen molar-refractivity contribution in [3.8, 4) is 0 Å². The normalized spacial score (nSPS) is 19.1. The summed E-state index contributed by atoms with van der Waals surface area (Å²) < 4.78 is 41.4. The number of hydrogen-bond acceptors (Lipinski definition) is 3. The van der Waals surface area contributed by atoms with E-state index in [4.69, 9.17) is 0 Å². The van der Waals surface area contributed by atoms with E-state index >= 15 is 0 Å². The molecule has 1 heterocycles. The molecule has 1 N–H and O–H groups in total. The van der Waals surface area contributed by atoms with Gasteiger partial charge in [-0.1, -0.05) is 18.2 Å². The van der Waals surface area contributed by atoms with Gasteiger partial charge in [-0.05, 0) is 68.8 Å². The fourth-order valence-electron chi connectivity index (χ4n) is 3.16. The second kappa shape index (κ2) is 6.91. The van der Waals surface area contributed by atoms with Gasteiger partial charge in [0.15, 0.2) is 0 Å². The van der Waals surface area contributed by atoms with E-state index in [1.54, 1.807) is 30.3 Å². The first kappa shape index (κ1) is 16.9. The predicted octanol–water partition coefficient (Wildman–Crippen LogP) is 3.22. The Kier molecular flexibility index (Phi) is 4.87. The lowest BCUT2D eigenvalue weighted by molar-refractivity contribution is 0.553. The molecule has 0 unspecified atom stereocenters. The van der Waals surface area contributed by atoms with Crippen LogP contribution in [0.15, 0.2) is 48.5 Å². The molecular formula is C18H21FN2O2S. The summed E-state index contributed by atoms with van der Waals surface area (Å²) in [6, 6.07) is 13.3. The molecule has 3 rings (SSSR count). The lowest BCUT2D eigenvalue weighted by Crippen LogP contribution is -2.41. The molecule has 0 saturated heterocycles. The smallest absolute Gasteiger partial charge is 0.242 e. The van der Waals surface area contributed by atoms with Crippen LogP contribution in [0.4, 0.5) is 15.8 Å². The summed E-state index contributed by atoms with van der Waals surface area (Å²) >= 11 is 0. The number of hydrogen-bond donors (Lipinski definition) is 1. The van der Waals surface area contributed by atoms with Crippen LogP contribution in [0.3, 0.4) is 0 Å². The zero-order valence-corrected chi connectivity index (χ0v) is 14.4. The Morgan fingerprint density at radius 3 is 2.67 bits per heavy atom. The van der Waals surface area contributed by atoms with Crippen LogP contribution in [0.5, 0.6) is 0 Å². The molecule has 4 nitrogen and oxygen atoms in total. The molecule has 1 aliphatic rings. The van der Waals surface area contributed by atoms with Crippen molar-refractivity contribution >= 4 is 21.4 Å². The Labute approximate surface area is 142 Å². The minimum atomic E-state index is -3.54. The Hall–Kier alpha value is -1.92. The molecule has 24 heavy (non-hydrogen) atoms. The Balaban J connectivity index is 2.07. The minimum Gasteiger partial charge on any atom is -0.320 e. The summed E-state index contributed by atoms with van der Waals surface area (Å²) in [4.78, 5) is 0. The fraction of sp³-hybridized carbons (Fsp3) is 0.333. The monoisotopic (exact) mass is 348 g/mol. The van der Waals surface area contributed by atoms with Gasteiger partial charge < -0.3 is 5.32 Å². The van der Waals surface area contributed by atoms with Gasteiger partial charge in [0.05, 0.1) is 16.6 Å². The molecule has 0 aliphatic carbocycles. The highest BCUT2D eigenvalue weighted by Gasteiger charge is 2.39. The van der Waals surface area contributed by atoms with E-state index < -0.39 is 15.3 Å². The van der Waals surface area contributed by atoms with E-state index in [-0.39, 0.29) is 5.82 Å². The summed E-state index contributed by atoms with van der Waals surface area (Å²) in [6.07, 6.45) is 1.65. The van der Waals surface area contributed by atoms with Gasteiger partial charge in [-0.25, -0.2) is 17.1 Å². The molecule has 0 saturated carbocycles. The van der Waals surface area contributed by atoms with Crippen LogP contribution in [-0.4, -0.2) is 27.3 Å². The van der Waals surface area contributed by atoms with Gasteiger partial charge in [0.1, 0.15) is 5.82 Å². The van der Waals surface area contributed by atoms with Gasteiger partial charge in [-0.15, -0.1) is 0 Å². The van der Waals surface area contributed by atoms with E-state index in [0.717, 1.165) is 18.5 Å². The number of benzene rings is 2. The maximum absolute atomic E-state index is 13.7. The lowest BCUT2D eigenvalue weighted by atomic mass is 10.0. The van der Waals surface area contributed by atoms with Crippen LogP contribution in [0, 0.1) is 5.82 Å². The molecule has 0 fully saturated rings. The topological polar surface area (TPSA) is 49.4 Å². The SMILES string of the molecule is CNCCC[C@@H]1Cc2cc(F)ccc2N(c2ccccc2)S1(=O)=O.